The molecule has 110 valence electrons. The van der Waals surface area contributed by atoms with Gasteiger partial charge in [-0.2, -0.15) is 5.10 Å². The first-order chi connectivity index (χ1) is 9.51. The molecule has 0 bridgehead atoms. The number of aromatic nitrogens is 2. The van der Waals surface area contributed by atoms with Crippen LogP contribution in [0, 0.1) is 0 Å². The van der Waals surface area contributed by atoms with Crippen LogP contribution in [0.5, 0.6) is 0 Å². The first kappa shape index (κ1) is 14.5. The van der Waals surface area contributed by atoms with Crippen molar-refractivity contribution in [3.05, 3.63) is 18.0 Å². The van der Waals surface area contributed by atoms with Crippen molar-refractivity contribution >= 4 is 11.8 Å². The molecule has 0 radical (unpaired) electrons. The molecule has 1 unspecified atom stereocenters. The van der Waals surface area contributed by atoms with Crippen molar-refractivity contribution in [2.24, 2.45) is 0 Å². The zero-order valence-electron chi connectivity index (χ0n) is 12.2. The van der Waals surface area contributed by atoms with Gasteiger partial charge >= 0.3 is 0 Å². The molecule has 0 spiro atoms. The quantitative estimate of drug-likeness (QED) is 0.804. The van der Waals surface area contributed by atoms with E-state index in [0.29, 0.717) is 26.1 Å². The Balaban J connectivity index is 2.10. The second kappa shape index (κ2) is 6.04. The maximum atomic E-state index is 11.8. The summed E-state index contributed by atoms with van der Waals surface area (Å²) in [5.74, 6) is 0.0499. The Hall–Kier alpha value is -1.89. The van der Waals surface area contributed by atoms with Crippen LogP contribution < -0.4 is 5.32 Å². The second-order valence-corrected chi connectivity index (χ2v) is 5.26. The van der Waals surface area contributed by atoms with Gasteiger partial charge < -0.3 is 10.2 Å². The van der Waals surface area contributed by atoms with E-state index in [4.69, 9.17) is 0 Å². The molecule has 7 nitrogen and oxygen atoms in total. The minimum Gasteiger partial charge on any atom is -0.359 e. The molecule has 1 aliphatic rings. The molecule has 0 saturated heterocycles. The fraction of sp³-hybridized carbons (Fsp3) is 0.615. The van der Waals surface area contributed by atoms with E-state index < -0.39 is 0 Å². The van der Waals surface area contributed by atoms with Crippen LogP contribution in [0.25, 0.3) is 0 Å². The highest BCUT2D eigenvalue weighted by atomic mass is 16.2. The number of amides is 2. The fourth-order valence-corrected chi connectivity index (χ4v) is 2.38. The van der Waals surface area contributed by atoms with E-state index in [1.807, 2.05) is 10.7 Å². The molecule has 2 rings (SSSR count). The minimum absolute atomic E-state index is 0.0164. The maximum Gasteiger partial charge on any atom is 0.236 e. The third-order valence-electron chi connectivity index (χ3n) is 3.51. The zero-order chi connectivity index (χ0) is 14.7. The molecule has 7 heteroatoms. The van der Waals surface area contributed by atoms with Crippen LogP contribution >= 0.6 is 0 Å². The van der Waals surface area contributed by atoms with E-state index in [9.17, 15) is 9.59 Å². The molecular weight excluding hydrogens is 258 g/mol. The number of nitrogens with one attached hydrogen (secondary N) is 1. The summed E-state index contributed by atoms with van der Waals surface area (Å²) < 4.78 is 1.89. The van der Waals surface area contributed by atoms with Crippen LogP contribution in [0.2, 0.25) is 0 Å². The molecule has 1 aliphatic heterocycles. The lowest BCUT2D eigenvalue weighted by molar-refractivity contribution is -0.130. The molecule has 20 heavy (non-hydrogen) atoms. The van der Waals surface area contributed by atoms with E-state index in [0.717, 1.165) is 5.69 Å². The van der Waals surface area contributed by atoms with Crippen molar-refractivity contribution in [3.8, 4) is 0 Å². The van der Waals surface area contributed by atoms with Gasteiger partial charge in [0.15, 0.2) is 0 Å². The number of nitrogens with zero attached hydrogens (tertiary/aromatic N) is 4. The molecular formula is C13H21N5O2. The summed E-state index contributed by atoms with van der Waals surface area (Å²) in [5.41, 5.74) is 1.04. The van der Waals surface area contributed by atoms with Crippen molar-refractivity contribution in [2.45, 2.75) is 19.0 Å². The highest BCUT2D eigenvalue weighted by molar-refractivity contribution is 5.78. The normalized spacial score (nSPS) is 18.4. The van der Waals surface area contributed by atoms with Gasteiger partial charge in [0.1, 0.15) is 0 Å². The molecule has 1 aromatic heterocycles. The van der Waals surface area contributed by atoms with Gasteiger partial charge in [0.2, 0.25) is 11.8 Å². The fourth-order valence-electron chi connectivity index (χ4n) is 2.38. The van der Waals surface area contributed by atoms with E-state index in [1.54, 1.807) is 32.2 Å². The summed E-state index contributed by atoms with van der Waals surface area (Å²) in [4.78, 5) is 27.1. The average Bonchev–Trinajstić information content (AvgIpc) is 2.86. The predicted octanol–water partition coefficient (Wildman–Crippen LogP) is -0.536. The zero-order valence-corrected chi connectivity index (χ0v) is 12.2. The summed E-state index contributed by atoms with van der Waals surface area (Å²) in [7, 11) is 5.12. The average molecular weight is 279 g/mol. The minimum atomic E-state index is -0.0244. The first-order valence-corrected chi connectivity index (χ1v) is 6.66. The Kier molecular flexibility index (Phi) is 4.39. The summed E-state index contributed by atoms with van der Waals surface area (Å²) in [6.07, 6.45) is 2.11. The van der Waals surface area contributed by atoms with Crippen LogP contribution in [-0.2, 0) is 16.1 Å². The van der Waals surface area contributed by atoms with Gasteiger partial charge in [-0.3, -0.25) is 19.2 Å². The standard InChI is InChI=1S/C13H21N5O2/c1-14-12(19)6-11-8-17(9-13(20)16(2)3)7-10-4-5-15-18(10)11/h4-5,11H,6-9H2,1-3H3,(H,14,19). The third-order valence-corrected chi connectivity index (χ3v) is 3.51. The van der Waals surface area contributed by atoms with Gasteiger partial charge in [-0.05, 0) is 6.07 Å². The van der Waals surface area contributed by atoms with Crippen molar-refractivity contribution in [3.63, 3.8) is 0 Å². The van der Waals surface area contributed by atoms with Gasteiger partial charge in [-0.25, -0.2) is 0 Å². The Morgan fingerprint density at radius 1 is 1.50 bits per heavy atom. The van der Waals surface area contributed by atoms with Crippen LogP contribution in [0.3, 0.4) is 0 Å². The molecule has 0 saturated carbocycles. The summed E-state index contributed by atoms with van der Waals surface area (Å²) >= 11 is 0. The van der Waals surface area contributed by atoms with E-state index in [1.165, 1.54) is 0 Å². The molecule has 0 aromatic carbocycles. The Morgan fingerprint density at radius 3 is 2.90 bits per heavy atom. The van der Waals surface area contributed by atoms with Crippen molar-refractivity contribution in [1.82, 2.24) is 24.9 Å². The van der Waals surface area contributed by atoms with Gasteiger partial charge in [0.25, 0.3) is 0 Å². The number of hydrogen-bond acceptors (Lipinski definition) is 4. The van der Waals surface area contributed by atoms with Crippen molar-refractivity contribution in [1.29, 1.82) is 0 Å². The lowest BCUT2D eigenvalue weighted by Gasteiger charge is -2.33. The second-order valence-electron chi connectivity index (χ2n) is 5.26. The monoisotopic (exact) mass is 279 g/mol. The molecule has 2 heterocycles. The Labute approximate surface area is 118 Å². The van der Waals surface area contributed by atoms with Gasteiger partial charge in [0.05, 0.1) is 24.7 Å². The number of hydrogen-bond donors (Lipinski definition) is 1. The molecule has 0 fully saturated rings. The largest absolute Gasteiger partial charge is 0.359 e. The maximum absolute atomic E-state index is 11.8. The van der Waals surface area contributed by atoms with Gasteiger partial charge in [-0.15, -0.1) is 0 Å². The number of likely N-dealkylation sites (N-methyl/N-ethyl adjacent to an activating group) is 1. The first-order valence-electron chi connectivity index (χ1n) is 6.66. The SMILES string of the molecule is CNC(=O)CC1CN(CC(=O)N(C)C)Cc2ccnn21. The predicted molar refractivity (Wildman–Crippen MR) is 73.9 cm³/mol. The summed E-state index contributed by atoms with van der Waals surface area (Å²) in [5, 5.41) is 6.92. The van der Waals surface area contributed by atoms with Crippen molar-refractivity contribution < 1.29 is 9.59 Å². The van der Waals surface area contributed by atoms with Crippen LogP contribution in [-0.4, -0.2) is 65.6 Å². The molecule has 1 atom stereocenters. The van der Waals surface area contributed by atoms with E-state index in [-0.39, 0.29) is 17.9 Å². The topological polar surface area (TPSA) is 70.5 Å². The van der Waals surface area contributed by atoms with Crippen molar-refractivity contribution in [2.75, 3.05) is 34.2 Å². The number of fused-ring (bicyclic) bond motifs is 1. The van der Waals surface area contributed by atoms with E-state index >= 15 is 0 Å². The summed E-state index contributed by atoms with van der Waals surface area (Å²) in [6.45, 7) is 1.70. The molecule has 0 aliphatic carbocycles. The molecule has 2 amide bonds. The Morgan fingerprint density at radius 2 is 2.25 bits per heavy atom. The van der Waals surface area contributed by atoms with Gasteiger partial charge in [0, 0.05) is 40.4 Å². The lowest BCUT2D eigenvalue weighted by atomic mass is 10.1. The Bertz CT molecular complexity index is 497. The van der Waals surface area contributed by atoms with E-state index in [2.05, 4.69) is 15.3 Å². The smallest absolute Gasteiger partial charge is 0.236 e. The lowest BCUT2D eigenvalue weighted by Crippen LogP contribution is -2.44. The number of rotatable bonds is 4. The number of carbonyl (C=O) groups excluding carboxylic acids is 2. The molecule has 1 N–H and O–H groups in total. The highest BCUT2D eigenvalue weighted by Crippen LogP contribution is 2.22. The third kappa shape index (κ3) is 3.16. The molecule has 1 aromatic rings. The van der Waals surface area contributed by atoms with Gasteiger partial charge in [-0.1, -0.05) is 0 Å². The highest BCUT2D eigenvalue weighted by Gasteiger charge is 2.28. The van der Waals surface area contributed by atoms with Crippen LogP contribution in [0.4, 0.5) is 0 Å². The number of carbonyl (C=O) groups is 2. The van der Waals surface area contributed by atoms with Crippen LogP contribution in [0.1, 0.15) is 18.2 Å². The summed E-state index contributed by atoms with van der Waals surface area (Å²) in [6, 6.07) is 1.91. The van der Waals surface area contributed by atoms with Crippen LogP contribution in [0.15, 0.2) is 12.3 Å².